The maximum Gasteiger partial charge on any atom is 0.123 e. The Kier molecular flexibility index (Phi) is 4.12. The number of β-amino-alcohol motifs (C(OH)–C–C–N with tert-alkyl or cyclic N) is 1. The molecule has 6 nitrogen and oxygen atoms in total. The molecule has 0 bridgehead atoms. The second-order valence-corrected chi connectivity index (χ2v) is 6.13. The molecule has 1 atom stereocenters. The Hall–Kier alpha value is -1.21. The van der Waals surface area contributed by atoms with Crippen molar-refractivity contribution in [3.8, 4) is 0 Å². The van der Waals surface area contributed by atoms with Gasteiger partial charge in [-0.25, -0.2) is 0 Å². The summed E-state index contributed by atoms with van der Waals surface area (Å²) in [7, 11) is 0. The van der Waals surface area contributed by atoms with Gasteiger partial charge >= 0.3 is 0 Å². The highest BCUT2D eigenvalue weighted by Crippen LogP contribution is 2.31. The highest BCUT2D eigenvalue weighted by Gasteiger charge is 2.37. The fraction of sp³-hybridized carbons (Fsp3) is 0.462. The van der Waals surface area contributed by atoms with Gasteiger partial charge in [0.25, 0.3) is 0 Å². The summed E-state index contributed by atoms with van der Waals surface area (Å²) in [5.74, 6) is 0. The summed E-state index contributed by atoms with van der Waals surface area (Å²) in [6.45, 7) is 1.91. The summed E-state index contributed by atoms with van der Waals surface area (Å²) < 4.78 is 0. The number of hydrogen-bond donors (Lipinski definition) is 2. The molecule has 1 aliphatic rings. The highest BCUT2D eigenvalue weighted by atomic mass is 35.5. The van der Waals surface area contributed by atoms with Crippen molar-refractivity contribution in [1.82, 2.24) is 25.3 Å². The smallest absolute Gasteiger partial charge is 0.123 e. The third-order valence-corrected chi connectivity index (χ3v) is 4.23. The van der Waals surface area contributed by atoms with E-state index < -0.39 is 5.60 Å². The number of likely N-dealkylation sites (tertiary alicyclic amines) is 1. The van der Waals surface area contributed by atoms with Crippen LogP contribution in [0.25, 0.3) is 0 Å². The van der Waals surface area contributed by atoms with Gasteiger partial charge < -0.3 is 5.11 Å². The summed E-state index contributed by atoms with van der Waals surface area (Å²) in [6, 6.07) is 1.68. The van der Waals surface area contributed by atoms with Crippen molar-refractivity contribution >= 4 is 23.2 Å². The van der Waals surface area contributed by atoms with E-state index in [0.29, 0.717) is 35.2 Å². The maximum atomic E-state index is 10.8. The van der Waals surface area contributed by atoms with Crippen LogP contribution in [-0.4, -0.2) is 43.5 Å². The number of halogens is 2. The number of piperidine rings is 1. The van der Waals surface area contributed by atoms with E-state index in [9.17, 15) is 5.11 Å². The van der Waals surface area contributed by atoms with Crippen molar-refractivity contribution < 1.29 is 5.11 Å². The van der Waals surface area contributed by atoms with Crippen molar-refractivity contribution in [3.63, 3.8) is 0 Å². The first-order valence-electron chi connectivity index (χ1n) is 6.68. The molecule has 3 heterocycles. The summed E-state index contributed by atoms with van der Waals surface area (Å²) in [5.41, 5.74) is 0.345. The number of nitrogens with one attached hydrogen (secondary N) is 1. The molecule has 8 heteroatoms. The molecule has 0 spiro atoms. The Morgan fingerprint density at radius 3 is 2.95 bits per heavy atom. The van der Waals surface area contributed by atoms with Gasteiger partial charge in [0.1, 0.15) is 11.3 Å². The van der Waals surface area contributed by atoms with E-state index in [1.54, 1.807) is 18.5 Å². The fourth-order valence-electron chi connectivity index (χ4n) is 2.66. The first-order valence-corrected chi connectivity index (χ1v) is 7.43. The van der Waals surface area contributed by atoms with Gasteiger partial charge in [-0.2, -0.15) is 15.4 Å². The second kappa shape index (κ2) is 5.88. The number of hydrogen-bond acceptors (Lipinski definition) is 5. The second-order valence-electron chi connectivity index (χ2n) is 5.28. The van der Waals surface area contributed by atoms with Crippen molar-refractivity contribution in [2.45, 2.75) is 25.0 Å². The maximum absolute atomic E-state index is 10.8. The lowest BCUT2D eigenvalue weighted by molar-refractivity contribution is -0.0417. The molecule has 0 saturated carbocycles. The van der Waals surface area contributed by atoms with E-state index in [0.717, 1.165) is 18.7 Å². The van der Waals surface area contributed by atoms with Crippen LogP contribution in [0.2, 0.25) is 10.0 Å². The van der Waals surface area contributed by atoms with E-state index >= 15 is 0 Å². The number of rotatable bonds is 3. The zero-order valence-corrected chi connectivity index (χ0v) is 12.8. The predicted octanol–water partition coefficient (Wildman–Crippen LogP) is 1.99. The normalized spacial score (nSPS) is 23.4. The van der Waals surface area contributed by atoms with Crippen LogP contribution in [0.4, 0.5) is 0 Å². The zero-order valence-electron chi connectivity index (χ0n) is 11.3. The van der Waals surface area contributed by atoms with E-state index in [-0.39, 0.29) is 0 Å². The van der Waals surface area contributed by atoms with Crippen molar-refractivity contribution in [2.24, 2.45) is 0 Å². The first kappa shape index (κ1) is 14.7. The van der Waals surface area contributed by atoms with Crippen LogP contribution in [0.5, 0.6) is 0 Å². The standard InChI is InChI=1S/C13H15Cl2N5O/c14-9-4-10(15)11(16-5-9)7-20-3-1-2-13(21,8-20)12-6-17-19-18-12/h4-6,21H,1-3,7-8H2,(H,17,18,19)/t13-/m0/s1. The van der Waals surface area contributed by atoms with Crippen molar-refractivity contribution in [1.29, 1.82) is 0 Å². The molecule has 3 rings (SSSR count). The van der Waals surface area contributed by atoms with Gasteiger partial charge in [0.15, 0.2) is 0 Å². The summed E-state index contributed by atoms with van der Waals surface area (Å²) in [4.78, 5) is 6.37. The monoisotopic (exact) mass is 327 g/mol. The molecule has 21 heavy (non-hydrogen) atoms. The van der Waals surface area contributed by atoms with Gasteiger partial charge in [-0.15, -0.1) is 0 Å². The molecular formula is C13H15Cl2N5O. The lowest BCUT2D eigenvalue weighted by Crippen LogP contribution is -2.46. The Bertz CT molecular complexity index is 621. The number of H-pyrrole nitrogens is 1. The Balaban J connectivity index is 1.74. The summed E-state index contributed by atoms with van der Waals surface area (Å²) in [5, 5.41) is 22.1. The Morgan fingerprint density at radius 1 is 1.38 bits per heavy atom. The minimum atomic E-state index is -0.982. The molecule has 0 radical (unpaired) electrons. The molecule has 2 aromatic rings. The molecule has 112 valence electrons. The molecular weight excluding hydrogens is 313 g/mol. The molecule has 1 aliphatic heterocycles. The molecule has 0 amide bonds. The number of aliphatic hydroxyl groups is 1. The largest absolute Gasteiger partial charge is 0.382 e. The fourth-order valence-corrected chi connectivity index (χ4v) is 3.10. The van der Waals surface area contributed by atoms with Crippen LogP contribution in [-0.2, 0) is 12.1 Å². The van der Waals surface area contributed by atoms with Gasteiger partial charge in [-0.05, 0) is 25.5 Å². The van der Waals surface area contributed by atoms with Gasteiger partial charge in [-0.1, -0.05) is 23.2 Å². The number of pyridine rings is 1. The van der Waals surface area contributed by atoms with Gasteiger partial charge in [-0.3, -0.25) is 9.88 Å². The minimum Gasteiger partial charge on any atom is -0.382 e. The van der Waals surface area contributed by atoms with Crippen LogP contribution < -0.4 is 0 Å². The van der Waals surface area contributed by atoms with Crippen LogP contribution in [0.15, 0.2) is 18.5 Å². The van der Waals surface area contributed by atoms with Crippen LogP contribution >= 0.6 is 23.2 Å². The topological polar surface area (TPSA) is 77.9 Å². The average Bonchev–Trinajstić information content (AvgIpc) is 2.97. The van der Waals surface area contributed by atoms with E-state index in [2.05, 4.69) is 25.3 Å². The molecule has 1 saturated heterocycles. The molecule has 0 aliphatic carbocycles. The molecule has 1 fully saturated rings. The molecule has 0 unspecified atom stereocenters. The number of nitrogens with zero attached hydrogens (tertiary/aromatic N) is 4. The van der Waals surface area contributed by atoms with E-state index in [4.69, 9.17) is 23.2 Å². The highest BCUT2D eigenvalue weighted by molar-refractivity contribution is 6.34. The average molecular weight is 328 g/mol. The molecule has 2 N–H and O–H groups in total. The van der Waals surface area contributed by atoms with Crippen LogP contribution in [0.3, 0.4) is 0 Å². The van der Waals surface area contributed by atoms with Crippen molar-refractivity contribution in [3.05, 3.63) is 39.9 Å². The van der Waals surface area contributed by atoms with E-state index in [1.165, 1.54) is 0 Å². The summed E-state index contributed by atoms with van der Waals surface area (Å²) in [6.07, 6.45) is 4.68. The number of aromatic amines is 1. The summed E-state index contributed by atoms with van der Waals surface area (Å²) >= 11 is 12.0. The Morgan fingerprint density at radius 2 is 2.24 bits per heavy atom. The van der Waals surface area contributed by atoms with Crippen LogP contribution in [0.1, 0.15) is 24.2 Å². The number of aromatic nitrogens is 4. The zero-order chi connectivity index (χ0) is 14.9. The van der Waals surface area contributed by atoms with Crippen molar-refractivity contribution in [2.75, 3.05) is 13.1 Å². The molecule has 0 aromatic carbocycles. The Labute approximate surface area is 132 Å². The lowest BCUT2D eigenvalue weighted by Gasteiger charge is -2.37. The first-order chi connectivity index (χ1) is 10.1. The van der Waals surface area contributed by atoms with E-state index in [1.807, 2.05) is 0 Å². The predicted molar refractivity (Wildman–Crippen MR) is 79.0 cm³/mol. The van der Waals surface area contributed by atoms with Gasteiger partial charge in [0, 0.05) is 19.3 Å². The lowest BCUT2D eigenvalue weighted by atomic mass is 9.90. The molecule has 2 aromatic heterocycles. The van der Waals surface area contributed by atoms with Gasteiger partial charge in [0.05, 0.1) is 21.9 Å². The third-order valence-electron chi connectivity index (χ3n) is 3.70. The van der Waals surface area contributed by atoms with Crippen LogP contribution in [0, 0.1) is 0 Å². The quantitative estimate of drug-likeness (QED) is 0.901. The SMILES string of the molecule is O[C@@]1(c2cn[nH]n2)CCCN(Cc2ncc(Cl)cc2Cl)C1. The van der Waals surface area contributed by atoms with Gasteiger partial charge in [0.2, 0.25) is 0 Å². The minimum absolute atomic E-state index is 0.472. The third kappa shape index (κ3) is 3.18.